The quantitative estimate of drug-likeness (QED) is 0.708. The molecule has 0 aliphatic rings. The van der Waals surface area contributed by atoms with Crippen LogP contribution in [-0.4, -0.2) is 21.5 Å². The molecule has 0 saturated carbocycles. The Hall–Kier alpha value is -2.31. The predicted octanol–water partition coefficient (Wildman–Crippen LogP) is 0.592. The number of hydrogen-bond acceptors (Lipinski definition) is 7. The van der Waals surface area contributed by atoms with Crippen LogP contribution in [0.15, 0.2) is 16.7 Å². The van der Waals surface area contributed by atoms with Crippen molar-refractivity contribution in [2.75, 3.05) is 23.3 Å². The van der Waals surface area contributed by atoms with Gasteiger partial charge in [-0.1, -0.05) is 0 Å². The van der Waals surface area contributed by atoms with E-state index in [4.69, 9.17) is 15.9 Å². The third-order valence-corrected chi connectivity index (χ3v) is 2.15. The maximum atomic E-state index is 5.45. The van der Waals surface area contributed by atoms with E-state index < -0.39 is 0 Å². The van der Waals surface area contributed by atoms with E-state index in [-0.39, 0.29) is 11.9 Å². The average molecular weight is 234 g/mol. The largest absolute Gasteiger partial charge is 0.469 e. The second-order valence-electron chi connectivity index (χ2n) is 3.62. The van der Waals surface area contributed by atoms with Gasteiger partial charge in [0.15, 0.2) is 0 Å². The number of aromatic nitrogens is 3. The van der Waals surface area contributed by atoms with Gasteiger partial charge in [0.1, 0.15) is 5.76 Å². The van der Waals surface area contributed by atoms with Crippen molar-refractivity contribution < 1.29 is 4.42 Å². The zero-order chi connectivity index (χ0) is 12.3. The first-order valence-corrected chi connectivity index (χ1v) is 5.18. The molecule has 0 bridgehead atoms. The van der Waals surface area contributed by atoms with Gasteiger partial charge in [-0.2, -0.15) is 15.0 Å². The van der Waals surface area contributed by atoms with Gasteiger partial charge in [-0.25, -0.2) is 0 Å². The number of nitrogens with two attached hydrogens (primary N) is 2. The maximum Gasteiger partial charge on any atom is 0.229 e. The molecule has 0 fully saturated rings. The highest BCUT2D eigenvalue weighted by Gasteiger charge is 2.02. The first-order chi connectivity index (χ1) is 8.13. The van der Waals surface area contributed by atoms with Crippen LogP contribution in [0, 0.1) is 6.92 Å². The Morgan fingerprint density at radius 2 is 1.94 bits per heavy atom. The molecule has 2 aromatic rings. The Bertz CT molecular complexity index is 489. The summed E-state index contributed by atoms with van der Waals surface area (Å²) in [5, 5.41) is 3.02. The number of nitrogens with zero attached hydrogens (tertiary/aromatic N) is 3. The van der Waals surface area contributed by atoms with Crippen molar-refractivity contribution in [2.45, 2.75) is 13.3 Å². The Morgan fingerprint density at radius 1 is 1.24 bits per heavy atom. The third kappa shape index (κ3) is 3.07. The number of nitrogens with one attached hydrogen (secondary N) is 1. The fraction of sp³-hybridized carbons (Fsp3) is 0.300. The van der Waals surface area contributed by atoms with E-state index in [2.05, 4.69) is 20.3 Å². The van der Waals surface area contributed by atoms with Crippen molar-refractivity contribution in [1.29, 1.82) is 0 Å². The average Bonchev–Trinajstić information content (AvgIpc) is 2.63. The zero-order valence-electron chi connectivity index (χ0n) is 9.47. The first kappa shape index (κ1) is 11.2. The van der Waals surface area contributed by atoms with Crippen LogP contribution < -0.4 is 16.8 Å². The molecule has 0 atom stereocenters. The second-order valence-corrected chi connectivity index (χ2v) is 3.62. The smallest absolute Gasteiger partial charge is 0.229 e. The third-order valence-electron chi connectivity index (χ3n) is 2.15. The summed E-state index contributed by atoms with van der Waals surface area (Å²) in [5.41, 5.74) is 12.0. The number of furan rings is 1. The Morgan fingerprint density at radius 3 is 2.53 bits per heavy atom. The van der Waals surface area contributed by atoms with Gasteiger partial charge in [-0.15, -0.1) is 0 Å². The highest BCUT2D eigenvalue weighted by Crippen LogP contribution is 2.08. The van der Waals surface area contributed by atoms with E-state index in [1.54, 1.807) is 6.26 Å². The Labute approximate surface area is 98.3 Å². The molecule has 2 heterocycles. The first-order valence-electron chi connectivity index (χ1n) is 5.18. The summed E-state index contributed by atoms with van der Waals surface area (Å²) in [5.74, 6) is 1.50. The van der Waals surface area contributed by atoms with Crippen molar-refractivity contribution in [2.24, 2.45) is 0 Å². The molecule has 0 radical (unpaired) electrons. The van der Waals surface area contributed by atoms with Crippen LogP contribution in [0.2, 0.25) is 0 Å². The lowest BCUT2D eigenvalue weighted by molar-refractivity contribution is 0.532. The molecular weight excluding hydrogens is 220 g/mol. The van der Waals surface area contributed by atoms with Crippen molar-refractivity contribution in [3.8, 4) is 0 Å². The summed E-state index contributed by atoms with van der Waals surface area (Å²) < 4.78 is 5.20. The number of anilines is 3. The molecule has 2 rings (SSSR count). The van der Waals surface area contributed by atoms with E-state index in [0.29, 0.717) is 12.5 Å². The van der Waals surface area contributed by atoms with Crippen LogP contribution in [-0.2, 0) is 6.42 Å². The van der Waals surface area contributed by atoms with Gasteiger partial charge in [0.25, 0.3) is 0 Å². The summed E-state index contributed by atoms with van der Waals surface area (Å²) in [7, 11) is 0. The standard InChI is InChI=1S/C10H14N6O/c1-6-4-7(5-17-6)2-3-13-10-15-8(11)14-9(12)16-10/h4-5H,2-3H2,1H3,(H5,11,12,13,14,15,16). The molecule has 2 aromatic heterocycles. The predicted molar refractivity (Wildman–Crippen MR) is 64.3 cm³/mol. The highest BCUT2D eigenvalue weighted by molar-refractivity contribution is 5.37. The van der Waals surface area contributed by atoms with Gasteiger partial charge >= 0.3 is 0 Å². The molecule has 0 unspecified atom stereocenters. The van der Waals surface area contributed by atoms with Crippen molar-refractivity contribution in [1.82, 2.24) is 15.0 Å². The topological polar surface area (TPSA) is 116 Å². The molecule has 0 amide bonds. The number of rotatable bonds is 4. The second kappa shape index (κ2) is 4.69. The molecule has 7 nitrogen and oxygen atoms in total. The molecular formula is C10H14N6O. The molecule has 0 aromatic carbocycles. The molecule has 90 valence electrons. The molecule has 0 spiro atoms. The normalized spacial score (nSPS) is 10.4. The van der Waals surface area contributed by atoms with E-state index in [9.17, 15) is 0 Å². The highest BCUT2D eigenvalue weighted by atomic mass is 16.3. The minimum Gasteiger partial charge on any atom is -0.469 e. The molecule has 0 saturated heterocycles. The van der Waals surface area contributed by atoms with E-state index in [0.717, 1.165) is 17.7 Å². The molecule has 5 N–H and O–H groups in total. The molecule has 7 heteroatoms. The van der Waals surface area contributed by atoms with Crippen LogP contribution >= 0.6 is 0 Å². The van der Waals surface area contributed by atoms with Crippen molar-refractivity contribution in [3.63, 3.8) is 0 Å². The number of nitrogen functional groups attached to an aromatic ring is 2. The van der Waals surface area contributed by atoms with Crippen molar-refractivity contribution in [3.05, 3.63) is 23.7 Å². The van der Waals surface area contributed by atoms with Crippen LogP contribution in [0.3, 0.4) is 0 Å². The van der Waals surface area contributed by atoms with Gasteiger partial charge in [-0.3, -0.25) is 0 Å². The van der Waals surface area contributed by atoms with Gasteiger partial charge in [0.05, 0.1) is 6.26 Å². The summed E-state index contributed by atoms with van der Waals surface area (Å²) in [4.78, 5) is 11.5. The monoisotopic (exact) mass is 234 g/mol. The molecule has 0 aliphatic heterocycles. The minimum absolute atomic E-state index is 0.110. The Kier molecular flexibility index (Phi) is 3.08. The molecule has 0 aliphatic carbocycles. The summed E-state index contributed by atoms with van der Waals surface area (Å²) in [6.45, 7) is 2.58. The summed E-state index contributed by atoms with van der Waals surface area (Å²) in [6.07, 6.45) is 2.54. The minimum atomic E-state index is 0.110. The van der Waals surface area contributed by atoms with Crippen LogP contribution in [0.4, 0.5) is 17.8 Å². The lowest BCUT2D eigenvalue weighted by Gasteiger charge is -2.04. The summed E-state index contributed by atoms with van der Waals surface area (Å²) in [6, 6.07) is 1.98. The lowest BCUT2D eigenvalue weighted by Crippen LogP contribution is -2.11. The SMILES string of the molecule is Cc1cc(CCNc2nc(N)nc(N)n2)co1. The fourth-order valence-electron chi connectivity index (χ4n) is 1.44. The van der Waals surface area contributed by atoms with E-state index in [1.165, 1.54) is 0 Å². The zero-order valence-corrected chi connectivity index (χ0v) is 9.47. The van der Waals surface area contributed by atoms with Crippen molar-refractivity contribution >= 4 is 17.8 Å². The maximum absolute atomic E-state index is 5.45. The van der Waals surface area contributed by atoms with E-state index >= 15 is 0 Å². The fourth-order valence-corrected chi connectivity index (χ4v) is 1.44. The van der Waals surface area contributed by atoms with Gasteiger partial charge in [0, 0.05) is 6.54 Å². The lowest BCUT2D eigenvalue weighted by atomic mass is 10.2. The summed E-state index contributed by atoms with van der Waals surface area (Å²) >= 11 is 0. The van der Waals surface area contributed by atoms with Gasteiger partial charge in [-0.05, 0) is 25.0 Å². The number of hydrogen-bond donors (Lipinski definition) is 3. The van der Waals surface area contributed by atoms with Crippen LogP contribution in [0.1, 0.15) is 11.3 Å². The Balaban J connectivity index is 1.89. The van der Waals surface area contributed by atoms with Gasteiger partial charge < -0.3 is 21.2 Å². The van der Waals surface area contributed by atoms with Gasteiger partial charge in [0.2, 0.25) is 17.8 Å². The number of aryl methyl sites for hydroxylation is 1. The van der Waals surface area contributed by atoms with Crippen LogP contribution in [0.25, 0.3) is 0 Å². The van der Waals surface area contributed by atoms with Crippen LogP contribution in [0.5, 0.6) is 0 Å². The van der Waals surface area contributed by atoms with E-state index in [1.807, 2.05) is 13.0 Å². The molecule has 17 heavy (non-hydrogen) atoms.